The summed E-state index contributed by atoms with van der Waals surface area (Å²) in [6.45, 7) is -0.474. The van der Waals surface area contributed by atoms with Gasteiger partial charge in [0, 0.05) is 5.69 Å². The number of amides is 1. The average molecular weight is 484 g/mol. The number of para-hydroxylation sites is 2. The smallest absolute Gasteiger partial charge is 0.320 e. The lowest BCUT2D eigenvalue weighted by Crippen LogP contribution is -2.45. The van der Waals surface area contributed by atoms with Crippen LogP contribution in [-0.2, 0) is 12.7 Å². The van der Waals surface area contributed by atoms with Crippen LogP contribution in [0.3, 0.4) is 0 Å². The van der Waals surface area contributed by atoms with Crippen molar-refractivity contribution in [3.8, 4) is 5.69 Å². The second-order valence-corrected chi connectivity index (χ2v) is 7.40. The molecule has 1 amide bonds. The number of carbonyl (C=O) groups excluding carboxylic acids is 1. The van der Waals surface area contributed by atoms with Gasteiger partial charge in [0.1, 0.15) is 11.5 Å². The summed E-state index contributed by atoms with van der Waals surface area (Å²) in [5, 5.41) is 6.30. The van der Waals surface area contributed by atoms with E-state index in [-0.39, 0.29) is 11.3 Å². The third-order valence-electron chi connectivity index (χ3n) is 5.01. The summed E-state index contributed by atoms with van der Waals surface area (Å²) in [7, 11) is 0. The Labute approximate surface area is 194 Å². The number of hydrogen-bond acceptors (Lipinski definition) is 4. The molecule has 0 fully saturated rings. The number of nitrogens with one attached hydrogen (secondary N) is 1. The average Bonchev–Trinajstić information content (AvgIpc) is 2.83. The maximum atomic E-state index is 14.5. The zero-order valence-corrected chi connectivity index (χ0v) is 17.8. The number of hydrogen-bond donors (Lipinski definition) is 1. The van der Waals surface area contributed by atoms with E-state index in [2.05, 4.69) is 10.4 Å². The van der Waals surface area contributed by atoms with E-state index in [9.17, 15) is 31.9 Å². The molecule has 1 aromatic heterocycles. The Balaban J connectivity index is 1.83. The lowest BCUT2D eigenvalue weighted by molar-refractivity contribution is -0.137. The Morgan fingerprint density at radius 1 is 0.886 bits per heavy atom. The van der Waals surface area contributed by atoms with Gasteiger partial charge in [0.2, 0.25) is 5.69 Å². The van der Waals surface area contributed by atoms with Crippen LogP contribution in [0.25, 0.3) is 5.69 Å². The summed E-state index contributed by atoms with van der Waals surface area (Å²) >= 11 is 0. The number of halogens is 4. The highest BCUT2D eigenvalue weighted by atomic mass is 19.4. The molecule has 0 radical (unpaired) electrons. The van der Waals surface area contributed by atoms with E-state index < -0.39 is 47.0 Å². The molecule has 178 valence electrons. The number of benzene rings is 3. The molecule has 0 aliphatic heterocycles. The summed E-state index contributed by atoms with van der Waals surface area (Å²) in [6.07, 6.45) is -4.56. The largest absolute Gasteiger partial charge is 0.416 e. The van der Waals surface area contributed by atoms with Crippen molar-refractivity contribution >= 4 is 11.6 Å². The number of carbonyl (C=O) groups is 1. The molecule has 0 unspecified atom stereocenters. The molecule has 0 aliphatic rings. The minimum atomic E-state index is -4.56. The summed E-state index contributed by atoms with van der Waals surface area (Å²) < 4.78 is 54.3. The number of alkyl halides is 3. The van der Waals surface area contributed by atoms with Gasteiger partial charge in [0.05, 0.1) is 12.1 Å². The maximum absolute atomic E-state index is 14.5. The van der Waals surface area contributed by atoms with Crippen molar-refractivity contribution in [3.63, 3.8) is 0 Å². The fourth-order valence-corrected chi connectivity index (χ4v) is 3.27. The summed E-state index contributed by atoms with van der Waals surface area (Å²) in [5.74, 6) is -1.79. The molecular formula is C24H16F4N4O3. The van der Waals surface area contributed by atoms with E-state index in [1.165, 1.54) is 18.2 Å². The van der Waals surface area contributed by atoms with Crippen molar-refractivity contribution in [3.05, 3.63) is 122 Å². The van der Waals surface area contributed by atoms with Gasteiger partial charge in [-0.2, -0.15) is 23.0 Å². The summed E-state index contributed by atoms with van der Waals surface area (Å²) in [4.78, 5) is 39.0. The summed E-state index contributed by atoms with van der Waals surface area (Å²) in [6, 6.07) is 17.1. The maximum Gasteiger partial charge on any atom is 0.416 e. The standard InChI is InChI=1S/C24H16F4N4O3/c25-18-8-4-5-9-19(18)32-23(35)31(14-15-10-12-16(13-11-15)24(26,27)28)22(34)20(30-32)21(33)29-17-6-2-1-3-7-17/h1-13H,14H2,(H,29,33). The number of nitrogens with zero attached hydrogens (tertiary/aromatic N) is 3. The van der Waals surface area contributed by atoms with E-state index in [4.69, 9.17) is 0 Å². The molecule has 3 aromatic carbocycles. The van der Waals surface area contributed by atoms with Gasteiger partial charge in [-0.15, -0.1) is 0 Å². The number of aromatic nitrogens is 3. The first-order valence-corrected chi connectivity index (χ1v) is 10.2. The molecule has 0 bridgehead atoms. The minimum absolute atomic E-state index is 0.179. The Morgan fingerprint density at radius 3 is 2.14 bits per heavy atom. The van der Waals surface area contributed by atoms with Crippen LogP contribution in [0.1, 0.15) is 21.6 Å². The van der Waals surface area contributed by atoms with E-state index >= 15 is 0 Å². The van der Waals surface area contributed by atoms with Gasteiger partial charge in [-0.25, -0.2) is 9.18 Å². The van der Waals surface area contributed by atoms with Crippen LogP contribution in [-0.4, -0.2) is 20.3 Å². The highest BCUT2D eigenvalue weighted by Gasteiger charge is 2.30. The normalized spacial score (nSPS) is 11.3. The number of anilines is 1. The first kappa shape index (κ1) is 23.6. The first-order chi connectivity index (χ1) is 16.6. The van der Waals surface area contributed by atoms with Crippen LogP contribution in [0.4, 0.5) is 23.2 Å². The van der Waals surface area contributed by atoms with E-state index in [1.54, 1.807) is 30.3 Å². The molecule has 4 rings (SSSR count). The molecule has 11 heteroatoms. The van der Waals surface area contributed by atoms with Crippen molar-refractivity contribution in [2.24, 2.45) is 0 Å². The minimum Gasteiger partial charge on any atom is -0.320 e. The number of rotatable bonds is 5. The molecule has 0 saturated carbocycles. The van der Waals surface area contributed by atoms with Crippen molar-refractivity contribution in [1.29, 1.82) is 0 Å². The van der Waals surface area contributed by atoms with Crippen LogP contribution >= 0.6 is 0 Å². The van der Waals surface area contributed by atoms with Gasteiger partial charge in [0.25, 0.3) is 11.5 Å². The second-order valence-electron chi connectivity index (χ2n) is 7.40. The zero-order valence-electron chi connectivity index (χ0n) is 17.8. The lowest BCUT2D eigenvalue weighted by Gasteiger charge is -2.13. The van der Waals surface area contributed by atoms with Gasteiger partial charge < -0.3 is 5.32 Å². The van der Waals surface area contributed by atoms with Crippen LogP contribution in [0, 0.1) is 5.82 Å². The van der Waals surface area contributed by atoms with Gasteiger partial charge >= 0.3 is 11.9 Å². The Bertz CT molecular complexity index is 1490. The molecule has 35 heavy (non-hydrogen) atoms. The van der Waals surface area contributed by atoms with Crippen molar-refractivity contribution in [2.75, 3.05) is 5.32 Å². The lowest BCUT2D eigenvalue weighted by atomic mass is 10.1. The third-order valence-corrected chi connectivity index (χ3v) is 5.01. The monoisotopic (exact) mass is 484 g/mol. The Hall–Kier alpha value is -4.54. The molecule has 1 N–H and O–H groups in total. The zero-order chi connectivity index (χ0) is 25.2. The fraction of sp³-hybridized carbons (Fsp3) is 0.0833. The van der Waals surface area contributed by atoms with Crippen molar-refractivity contribution < 1.29 is 22.4 Å². The first-order valence-electron chi connectivity index (χ1n) is 10.2. The molecule has 4 aromatic rings. The quantitative estimate of drug-likeness (QED) is 0.436. The van der Waals surface area contributed by atoms with Crippen LogP contribution < -0.4 is 16.6 Å². The Morgan fingerprint density at radius 2 is 1.51 bits per heavy atom. The molecule has 0 saturated heterocycles. The highest BCUT2D eigenvalue weighted by molar-refractivity contribution is 6.02. The fourth-order valence-electron chi connectivity index (χ4n) is 3.27. The van der Waals surface area contributed by atoms with Gasteiger partial charge in [-0.05, 0) is 42.0 Å². The molecule has 7 nitrogen and oxygen atoms in total. The van der Waals surface area contributed by atoms with Gasteiger partial charge in [-0.3, -0.25) is 14.2 Å². The molecular weight excluding hydrogens is 468 g/mol. The highest BCUT2D eigenvalue weighted by Crippen LogP contribution is 2.29. The van der Waals surface area contributed by atoms with E-state index in [1.807, 2.05) is 0 Å². The SMILES string of the molecule is O=C(Nc1ccccc1)c1nn(-c2ccccc2F)c(=O)n(Cc2ccc(C(F)(F)F)cc2)c1=O. The predicted octanol–water partition coefficient (Wildman–Crippen LogP) is 3.85. The van der Waals surface area contributed by atoms with Crippen molar-refractivity contribution in [1.82, 2.24) is 14.3 Å². The second kappa shape index (κ2) is 9.37. The topological polar surface area (TPSA) is 86.0 Å². The van der Waals surface area contributed by atoms with E-state index in [0.29, 0.717) is 14.9 Å². The van der Waals surface area contributed by atoms with Crippen LogP contribution in [0.15, 0.2) is 88.5 Å². The van der Waals surface area contributed by atoms with Crippen LogP contribution in [0.2, 0.25) is 0 Å². The molecule has 1 heterocycles. The molecule has 0 atom stereocenters. The third kappa shape index (κ3) is 5.03. The Kier molecular flexibility index (Phi) is 6.32. The van der Waals surface area contributed by atoms with E-state index in [0.717, 1.165) is 30.3 Å². The van der Waals surface area contributed by atoms with Gasteiger partial charge in [-0.1, -0.05) is 42.5 Å². The molecule has 0 aliphatic carbocycles. The van der Waals surface area contributed by atoms with Gasteiger partial charge in [0.15, 0.2) is 0 Å². The predicted molar refractivity (Wildman–Crippen MR) is 119 cm³/mol. The summed E-state index contributed by atoms with van der Waals surface area (Å²) in [5.41, 5.74) is -3.56. The van der Waals surface area contributed by atoms with Crippen molar-refractivity contribution in [2.45, 2.75) is 12.7 Å². The van der Waals surface area contributed by atoms with Crippen LogP contribution in [0.5, 0.6) is 0 Å². The molecule has 0 spiro atoms.